The number of aryl methyl sites for hydroxylation is 2. The monoisotopic (exact) mass is 332 g/mol. The Kier molecular flexibility index (Phi) is 3.33. The van der Waals surface area contributed by atoms with Crippen LogP contribution in [0.3, 0.4) is 0 Å². The number of rotatable bonds is 1. The van der Waals surface area contributed by atoms with Gasteiger partial charge >= 0.3 is 0 Å². The van der Waals surface area contributed by atoms with Gasteiger partial charge in [-0.2, -0.15) is 0 Å². The van der Waals surface area contributed by atoms with E-state index >= 15 is 0 Å². The normalized spacial score (nSPS) is 11.5. The lowest BCUT2D eigenvalue weighted by atomic mass is 9.91. The summed E-state index contributed by atoms with van der Waals surface area (Å²) in [6.45, 7) is 4.35. The number of hydrogen-bond acceptors (Lipinski definition) is 0. The first-order valence-corrected chi connectivity index (χ1v) is 9.13. The molecule has 0 aliphatic rings. The van der Waals surface area contributed by atoms with Crippen molar-refractivity contribution in [2.45, 2.75) is 13.8 Å². The average Bonchev–Trinajstić information content (AvgIpc) is 2.70. The Morgan fingerprint density at radius 2 is 0.846 bits per heavy atom. The van der Waals surface area contributed by atoms with Gasteiger partial charge in [-0.25, -0.2) is 0 Å². The van der Waals surface area contributed by atoms with Gasteiger partial charge in [0, 0.05) is 0 Å². The fourth-order valence-electron chi connectivity index (χ4n) is 4.01. The predicted molar refractivity (Wildman–Crippen MR) is 114 cm³/mol. The summed E-state index contributed by atoms with van der Waals surface area (Å²) in [5, 5.41) is 7.96. The molecular formula is C26H20. The highest BCUT2D eigenvalue weighted by Crippen LogP contribution is 2.37. The summed E-state index contributed by atoms with van der Waals surface area (Å²) < 4.78 is 0. The minimum Gasteiger partial charge on any atom is -0.0616 e. The SMILES string of the molecule is Cc1ccc(-c2ccc3c4ccccc4c4ccccc4c3c2)cc1C. The zero-order valence-electron chi connectivity index (χ0n) is 15.1. The first-order chi connectivity index (χ1) is 12.7. The molecule has 0 aliphatic carbocycles. The second-order valence-corrected chi connectivity index (χ2v) is 7.15. The van der Waals surface area contributed by atoms with Crippen molar-refractivity contribution in [3.05, 3.63) is 96.1 Å². The van der Waals surface area contributed by atoms with Crippen molar-refractivity contribution in [1.29, 1.82) is 0 Å². The predicted octanol–water partition coefficient (Wildman–Crippen LogP) is 7.43. The van der Waals surface area contributed by atoms with Gasteiger partial charge in [0.25, 0.3) is 0 Å². The lowest BCUT2D eigenvalue weighted by Gasteiger charge is -2.12. The van der Waals surface area contributed by atoms with Gasteiger partial charge in [0.2, 0.25) is 0 Å². The van der Waals surface area contributed by atoms with E-state index in [1.807, 2.05) is 0 Å². The van der Waals surface area contributed by atoms with Crippen molar-refractivity contribution >= 4 is 32.3 Å². The number of benzene rings is 5. The molecule has 0 amide bonds. The summed E-state index contributed by atoms with van der Waals surface area (Å²) in [6.07, 6.45) is 0. The molecule has 0 bridgehead atoms. The largest absolute Gasteiger partial charge is 0.0616 e. The molecule has 0 N–H and O–H groups in total. The molecule has 0 fully saturated rings. The molecule has 0 saturated heterocycles. The van der Waals surface area contributed by atoms with Gasteiger partial charge in [0.05, 0.1) is 0 Å². The van der Waals surface area contributed by atoms with Crippen LogP contribution < -0.4 is 0 Å². The fourth-order valence-corrected chi connectivity index (χ4v) is 4.01. The molecule has 0 spiro atoms. The minimum atomic E-state index is 1.28. The second-order valence-electron chi connectivity index (χ2n) is 7.15. The van der Waals surface area contributed by atoms with Crippen LogP contribution in [0.5, 0.6) is 0 Å². The van der Waals surface area contributed by atoms with E-state index in [0.29, 0.717) is 0 Å². The van der Waals surface area contributed by atoms with E-state index < -0.39 is 0 Å². The van der Waals surface area contributed by atoms with E-state index in [2.05, 4.69) is 98.8 Å². The Balaban J connectivity index is 1.90. The van der Waals surface area contributed by atoms with Crippen LogP contribution in [0.4, 0.5) is 0 Å². The maximum absolute atomic E-state index is 2.36. The molecule has 0 radical (unpaired) electrons. The van der Waals surface area contributed by atoms with Crippen molar-refractivity contribution in [1.82, 2.24) is 0 Å². The van der Waals surface area contributed by atoms with Crippen LogP contribution in [0.15, 0.2) is 84.9 Å². The molecule has 124 valence electrons. The molecular weight excluding hydrogens is 312 g/mol. The third-order valence-corrected chi connectivity index (χ3v) is 5.58. The van der Waals surface area contributed by atoms with Gasteiger partial charge in [0.15, 0.2) is 0 Å². The Hall–Kier alpha value is -3.12. The smallest absolute Gasteiger partial charge is 0.00928 e. The van der Waals surface area contributed by atoms with E-state index in [1.165, 1.54) is 54.6 Å². The third-order valence-electron chi connectivity index (χ3n) is 5.58. The lowest BCUT2D eigenvalue weighted by molar-refractivity contribution is 1.34. The number of fused-ring (bicyclic) bond motifs is 6. The highest BCUT2D eigenvalue weighted by Gasteiger charge is 2.09. The Bertz CT molecular complexity index is 1260. The van der Waals surface area contributed by atoms with E-state index in [4.69, 9.17) is 0 Å². The molecule has 0 aromatic heterocycles. The maximum Gasteiger partial charge on any atom is -0.00928 e. The summed E-state index contributed by atoms with van der Waals surface area (Å²) in [5.41, 5.74) is 5.24. The van der Waals surface area contributed by atoms with Crippen LogP contribution >= 0.6 is 0 Å². The Morgan fingerprint density at radius 1 is 0.385 bits per heavy atom. The Labute approximate surface area is 153 Å². The van der Waals surface area contributed by atoms with Crippen molar-refractivity contribution in [2.75, 3.05) is 0 Å². The molecule has 0 aliphatic heterocycles. The topological polar surface area (TPSA) is 0 Å². The molecule has 0 nitrogen and oxygen atoms in total. The van der Waals surface area contributed by atoms with Crippen LogP contribution in [0.1, 0.15) is 11.1 Å². The highest BCUT2D eigenvalue weighted by molar-refractivity contribution is 6.25. The van der Waals surface area contributed by atoms with Crippen molar-refractivity contribution in [3.63, 3.8) is 0 Å². The van der Waals surface area contributed by atoms with Crippen LogP contribution in [-0.4, -0.2) is 0 Å². The van der Waals surface area contributed by atoms with Gasteiger partial charge in [-0.1, -0.05) is 78.9 Å². The molecule has 26 heavy (non-hydrogen) atoms. The summed E-state index contributed by atoms with van der Waals surface area (Å²) in [4.78, 5) is 0. The van der Waals surface area contributed by atoms with Crippen LogP contribution in [0.25, 0.3) is 43.4 Å². The zero-order valence-corrected chi connectivity index (χ0v) is 15.1. The maximum atomic E-state index is 2.36. The van der Waals surface area contributed by atoms with E-state index in [-0.39, 0.29) is 0 Å². The molecule has 5 aromatic carbocycles. The third kappa shape index (κ3) is 2.23. The second kappa shape index (κ2) is 5.71. The molecule has 0 atom stereocenters. The van der Waals surface area contributed by atoms with Crippen LogP contribution in [0.2, 0.25) is 0 Å². The van der Waals surface area contributed by atoms with Gasteiger partial charge < -0.3 is 0 Å². The van der Waals surface area contributed by atoms with Gasteiger partial charge in [0.1, 0.15) is 0 Å². The van der Waals surface area contributed by atoms with Crippen molar-refractivity contribution in [3.8, 4) is 11.1 Å². The molecule has 0 saturated carbocycles. The molecule has 0 heterocycles. The van der Waals surface area contributed by atoms with E-state index in [0.717, 1.165) is 0 Å². The van der Waals surface area contributed by atoms with E-state index in [9.17, 15) is 0 Å². The highest BCUT2D eigenvalue weighted by atomic mass is 14.1. The van der Waals surface area contributed by atoms with Crippen LogP contribution in [-0.2, 0) is 0 Å². The first-order valence-electron chi connectivity index (χ1n) is 9.13. The van der Waals surface area contributed by atoms with Crippen molar-refractivity contribution < 1.29 is 0 Å². The summed E-state index contributed by atoms with van der Waals surface area (Å²) in [5.74, 6) is 0. The Morgan fingerprint density at radius 3 is 1.42 bits per heavy atom. The first kappa shape index (κ1) is 15.2. The van der Waals surface area contributed by atoms with Crippen molar-refractivity contribution in [2.24, 2.45) is 0 Å². The molecule has 5 aromatic rings. The number of hydrogen-bond donors (Lipinski definition) is 0. The molecule has 5 rings (SSSR count). The average molecular weight is 332 g/mol. The summed E-state index contributed by atoms with van der Waals surface area (Å²) in [7, 11) is 0. The zero-order chi connectivity index (χ0) is 17.7. The fraction of sp³-hybridized carbons (Fsp3) is 0.0769. The quantitative estimate of drug-likeness (QED) is 0.280. The summed E-state index contributed by atoms with van der Waals surface area (Å²) in [6, 6.07) is 31.1. The standard InChI is InChI=1S/C26H20/c1-17-11-12-19(15-18(17)2)20-13-14-25-23-9-4-3-7-21(23)22-8-5-6-10-24(22)26(25)16-20/h3-16H,1-2H3. The van der Waals surface area contributed by atoms with Gasteiger partial charge in [-0.3, -0.25) is 0 Å². The van der Waals surface area contributed by atoms with Gasteiger partial charge in [-0.05, 0) is 74.5 Å². The minimum absolute atomic E-state index is 1.28. The lowest BCUT2D eigenvalue weighted by Crippen LogP contribution is -1.86. The van der Waals surface area contributed by atoms with Gasteiger partial charge in [-0.15, -0.1) is 0 Å². The van der Waals surface area contributed by atoms with E-state index in [1.54, 1.807) is 0 Å². The van der Waals surface area contributed by atoms with Crippen LogP contribution in [0, 0.1) is 13.8 Å². The molecule has 0 unspecified atom stereocenters. The molecule has 0 heteroatoms. The summed E-state index contributed by atoms with van der Waals surface area (Å²) >= 11 is 0.